The Morgan fingerprint density at radius 3 is 2.39 bits per heavy atom. The van der Waals surface area contributed by atoms with E-state index in [1.165, 1.54) is 16.7 Å². The Morgan fingerprint density at radius 2 is 1.68 bits per heavy atom. The molecule has 2 aromatic rings. The molecule has 0 unspecified atom stereocenters. The quantitative estimate of drug-likeness (QED) is 0.293. The van der Waals surface area contributed by atoms with Gasteiger partial charge in [0.2, 0.25) is 0 Å². The maximum atomic E-state index is 5.47. The molecule has 0 amide bonds. The van der Waals surface area contributed by atoms with Crippen molar-refractivity contribution in [3.8, 4) is 0 Å². The summed E-state index contributed by atoms with van der Waals surface area (Å²) in [5.74, 6) is 0.837. The number of benzene rings is 2. The molecule has 3 rings (SSSR count). The van der Waals surface area contributed by atoms with Crippen LogP contribution in [-0.2, 0) is 24.4 Å². The van der Waals surface area contributed by atoms with E-state index in [1.807, 2.05) is 7.05 Å². The summed E-state index contributed by atoms with van der Waals surface area (Å²) >= 11 is 0. The largest absolute Gasteiger partial charge is 0.379 e. The molecule has 31 heavy (non-hydrogen) atoms. The maximum absolute atomic E-state index is 5.47. The lowest BCUT2D eigenvalue weighted by Crippen LogP contribution is -2.40. The first-order valence-corrected chi connectivity index (χ1v) is 10.8. The summed E-state index contributed by atoms with van der Waals surface area (Å²) in [4.78, 5) is 9.15. The van der Waals surface area contributed by atoms with Gasteiger partial charge in [0.25, 0.3) is 0 Å². The van der Waals surface area contributed by atoms with Gasteiger partial charge in [-0.1, -0.05) is 54.6 Å². The van der Waals surface area contributed by atoms with Crippen LogP contribution < -0.4 is 10.6 Å². The smallest absolute Gasteiger partial charge is 0.191 e. The van der Waals surface area contributed by atoms with Crippen LogP contribution in [0.4, 0.5) is 0 Å². The van der Waals surface area contributed by atoms with Gasteiger partial charge in [-0.15, -0.1) is 24.0 Å². The van der Waals surface area contributed by atoms with Crippen molar-refractivity contribution in [2.75, 3.05) is 53.5 Å². The molecule has 1 fully saturated rings. The standard InChI is InChI=1S/C24H35N5O.HI/c1-25-24(26-12-13-28(2)19-21-8-4-3-5-9-21)27-18-22-10-6-7-11-23(22)20-29-14-16-30-17-15-29;/h3-11H,12-20H2,1-2H3,(H2,25,26,27);1H. The lowest BCUT2D eigenvalue weighted by atomic mass is 10.1. The predicted molar refractivity (Wildman–Crippen MR) is 139 cm³/mol. The summed E-state index contributed by atoms with van der Waals surface area (Å²) in [5.41, 5.74) is 4.01. The molecule has 1 aliphatic heterocycles. The Kier molecular flexibility index (Phi) is 11.9. The summed E-state index contributed by atoms with van der Waals surface area (Å²) in [6.07, 6.45) is 0. The average molecular weight is 537 g/mol. The van der Waals surface area contributed by atoms with E-state index in [9.17, 15) is 0 Å². The number of guanidine groups is 1. The highest BCUT2D eigenvalue weighted by atomic mass is 127. The summed E-state index contributed by atoms with van der Waals surface area (Å²) in [5, 5.41) is 6.89. The Morgan fingerprint density at radius 1 is 1.00 bits per heavy atom. The van der Waals surface area contributed by atoms with Crippen molar-refractivity contribution in [2.24, 2.45) is 4.99 Å². The summed E-state index contributed by atoms with van der Waals surface area (Å²) in [6, 6.07) is 19.2. The molecule has 0 atom stereocenters. The number of morpholine rings is 1. The Bertz CT molecular complexity index is 781. The molecule has 2 N–H and O–H groups in total. The first-order valence-electron chi connectivity index (χ1n) is 10.8. The molecule has 0 saturated carbocycles. The Hall–Kier alpha value is -1.68. The fourth-order valence-corrected chi connectivity index (χ4v) is 3.62. The number of hydrogen-bond donors (Lipinski definition) is 2. The zero-order valence-electron chi connectivity index (χ0n) is 18.7. The van der Waals surface area contributed by atoms with Gasteiger partial charge in [0.1, 0.15) is 0 Å². The minimum absolute atomic E-state index is 0. The molecule has 0 bridgehead atoms. The van der Waals surface area contributed by atoms with E-state index < -0.39 is 0 Å². The third-order valence-electron chi connectivity index (χ3n) is 5.37. The number of hydrogen-bond acceptors (Lipinski definition) is 4. The van der Waals surface area contributed by atoms with Gasteiger partial charge in [0.15, 0.2) is 5.96 Å². The predicted octanol–water partition coefficient (Wildman–Crippen LogP) is 2.93. The number of ether oxygens (including phenoxy) is 1. The van der Waals surface area contributed by atoms with Crippen LogP contribution in [0, 0.1) is 0 Å². The van der Waals surface area contributed by atoms with Gasteiger partial charge in [-0.2, -0.15) is 0 Å². The van der Waals surface area contributed by atoms with E-state index >= 15 is 0 Å². The van der Waals surface area contributed by atoms with E-state index in [2.05, 4.69) is 87.1 Å². The second kappa shape index (κ2) is 14.4. The highest BCUT2D eigenvalue weighted by Crippen LogP contribution is 2.13. The van der Waals surface area contributed by atoms with Gasteiger partial charge < -0.3 is 20.3 Å². The van der Waals surface area contributed by atoms with Crippen LogP contribution in [0.15, 0.2) is 59.6 Å². The van der Waals surface area contributed by atoms with Gasteiger partial charge >= 0.3 is 0 Å². The van der Waals surface area contributed by atoms with Crippen LogP contribution in [0.25, 0.3) is 0 Å². The van der Waals surface area contributed by atoms with Crippen molar-refractivity contribution in [1.29, 1.82) is 0 Å². The number of likely N-dealkylation sites (N-methyl/N-ethyl adjacent to an activating group) is 1. The molecule has 0 aliphatic carbocycles. The van der Waals surface area contributed by atoms with Crippen LogP contribution >= 0.6 is 24.0 Å². The lowest BCUT2D eigenvalue weighted by molar-refractivity contribution is 0.0341. The molecule has 0 radical (unpaired) electrons. The lowest BCUT2D eigenvalue weighted by Gasteiger charge is -2.27. The van der Waals surface area contributed by atoms with Gasteiger partial charge in [0, 0.05) is 52.9 Å². The van der Waals surface area contributed by atoms with Gasteiger partial charge in [-0.25, -0.2) is 0 Å². The van der Waals surface area contributed by atoms with E-state index in [0.717, 1.165) is 65.0 Å². The van der Waals surface area contributed by atoms with Crippen molar-refractivity contribution >= 4 is 29.9 Å². The van der Waals surface area contributed by atoms with Crippen molar-refractivity contribution < 1.29 is 4.74 Å². The zero-order chi connectivity index (χ0) is 21.0. The maximum Gasteiger partial charge on any atom is 0.191 e. The second-order valence-corrected chi connectivity index (χ2v) is 7.73. The molecule has 0 spiro atoms. The fraction of sp³-hybridized carbons (Fsp3) is 0.458. The van der Waals surface area contributed by atoms with Crippen LogP contribution in [0.2, 0.25) is 0 Å². The molecule has 2 aromatic carbocycles. The van der Waals surface area contributed by atoms with Crippen LogP contribution in [0.3, 0.4) is 0 Å². The number of rotatable bonds is 9. The minimum atomic E-state index is 0. The number of nitrogens with one attached hydrogen (secondary N) is 2. The van der Waals surface area contributed by atoms with Crippen molar-refractivity contribution in [3.63, 3.8) is 0 Å². The van der Waals surface area contributed by atoms with Crippen molar-refractivity contribution in [2.45, 2.75) is 19.6 Å². The van der Waals surface area contributed by atoms with Gasteiger partial charge in [-0.3, -0.25) is 9.89 Å². The zero-order valence-corrected chi connectivity index (χ0v) is 21.0. The highest BCUT2D eigenvalue weighted by molar-refractivity contribution is 14.0. The minimum Gasteiger partial charge on any atom is -0.379 e. The van der Waals surface area contributed by atoms with Crippen LogP contribution in [0.1, 0.15) is 16.7 Å². The molecule has 6 nitrogen and oxygen atoms in total. The Balaban J connectivity index is 0.00000341. The van der Waals surface area contributed by atoms with Crippen molar-refractivity contribution in [3.05, 3.63) is 71.3 Å². The fourth-order valence-electron chi connectivity index (χ4n) is 3.62. The monoisotopic (exact) mass is 537 g/mol. The van der Waals surface area contributed by atoms with Gasteiger partial charge in [-0.05, 0) is 23.7 Å². The third kappa shape index (κ3) is 9.14. The van der Waals surface area contributed by atoms with Crippen LogP contribution in [0.5, 0.6) is 0 Å². The average Bonchev–Trinajstić information content (AvgIpc) is 2.78. The molecule has 0 aromatic heterocycles. The highest BCUT2D eigenvalue weighted by Gasteiger charge is 2.12. The molecular weight excluding hydrogens is 501 g/mol. The number of aliphatic imine (C=N–C) groups is 1. The van der Waals surface area contributed by atoms with E-state index in [-0.39, 0.29) is 24.0 Å². The summed E-state index contributed by atoms with van der Waals surface area (Å²) in [7, 11) is 3.97. The second-order valence-electron chi connectivity index (χ2n) is 7.73. The van der Waals surface area contributed by atoms with Crippen LogP contribution in [-0.4, -0.2) is 69.2 Å². The summed E-state index contributed by atoms with van der Waals surface area (Å²) in [6.45, 7) is 8.14. The number of halogens is 1. The van der Waals surface area contributed by atoms with E-state index in [4.69, 9.17) is 4.74 Å². The van der Waals surface area contributed by atoms with Crippen molar-refractivity contribution in [1.82, 2.24) is 20.4 Å². The van der Waals surface area contributed by atoms with E-state index in [1.54, 1.807) is 0 Å². The third-order valence-corrected chi connectivity index (χ3v) is 5.37. The topological polar surface area (TPSA) is 52.1 Å². The first-order chi connectivity index (χ1) is 14.7. The van der Waals surface area contributed by atoms with E-state index in [0.29, 0.717) is 0 Å². The summed E-state index contributed by atoms with van der Waals surface area (Å²) < 4.78 is 5.47. The SMILES string of the molecule is CN=C(NCCN(C)Cc1ccccc1)NCc1ccccc1CN1CCOCC1.I. The molecule has 170 valence electrons. The molecule has 1 saturated heterocycles. The molecule has 1 heterocycles. The normalized spacial score (nSPS) is 14.9. The molecule has 1 aliphatic rings. The number of nitrogens with zero attached hydrogens (tertiary/aromatic N) is 3. The Labute approximate surface area is 204 Å². The molecular formula is C24H36IN5O. The molecule has 7 heteroatoms. The van der Waals surface area contributed by atoms with Gasteiger partial charge in [0.05, 0.1) is 13.2 Å². The first kappa shape index (κ1) is 25.6.